The van der Waals surface area contributed by atoms with Gasteiger partial charge in [0.1, 0.15) is 0 Å². The van der Waals surface area contributed by atoms with Gasteiger partial charge in [-0.25, -0.2) is 4.57 Å². The Morgan fingerprint density at radius 1 is 1.33 bits per heavy atom. The van der Waals surface area contributed by atoms with Crippen LogP contribution in [0, 0.1) is 0 Å². The fraction of sp³-hybridized carbons (Fsp3) is 0.833. The van der Waals surface area contributed by atoms with Crippen molar-refractivity contribution < 1.29 is 39.4 Å². The summed E-state index contributed by atoms with van der Waals surface area (Å²) in [4.78, 5) is 31.6. The number of phosphoric acid groups is 1. The molecule has 0 amide bonds. The lowest BCUT2D eigenvalue weighted by atomic mass is 9.99. The highest BCUT2D eigenvalue weighted by atomic mass is 31.2. The van der Waals surface area contributed by atoms with E-state index < -0.39 is 19.4 Å². The monoisotopic (exact) mass is 246 g/mol. The van der Waals surface area contributed by atoms with Crippen LogP contribution in [0.15, 0.2) is 0 Å². The molecule has 6 N–H and O–H groups in total. The average molecular weight is 246 g/mol. The smallest absolute Gasteiger partial charge is 0.466 e. The molecule has 0 fully saturated rings. The highest BCUT2D eigenvalue weighted by Gasteiger charge is 2.22. The second-order valence-corrected chi connectivity index (χ2v) is 4.08. The molecular formula is C6H15O8P. The van der Waals surface area contributed by atoms with Crippen LogP contribution in [-0.4, -0.2) is 48.2 Å². The van der Waals surface area contributed by atoms with E-state index in [0.29, 0.717) is 0 Å². The second kappa shape index (κ2) is 6.89. The molecule has 0 aromatic heterocycles. The molecule has 0 aliphatic carbocycles. The van der Waals surface area contributed by atoms with Crippen LogP contribution in [0.1, 0.15) is 19.8 Å². The highest BCUT2D eigenvalue weighted by molar-refractivity contribution is 7.45. The van der Waals surface area contributed by atoms with Crippen LogP contribution in [0.25, 0.3) is 0 Å². The summed E-state index contributed by atoms with van der Waals surface area (Å²) in [5.74, 6) is -1.06. The highest BCUT2D eigenvalue weighted by Crippen LogP contribution is 2.25. The molecule has 1 atom stereocenters. The van der Waals surface area contributed by atoms with Crippen LogP contribution in [-0.2, 0) is 9.36 Å². The Morgan fingerprint density at radius 3 is 1.87 bits per heavy atom. The van der Waals surface area contributed by atoms with E-state index in [1.165, 1.54) is 6.92 Å². The van der Waals surface area contributed by atoms with E-state index in [4.69, 9.17) is 34.6 Å². The third-order valence-electron chi connectivity index (χ3n) is 1.18. The van der Waals surface area contributed by atoms with E-state index in [2.05, 4.69) is 0 Å². The third kappa shape index (κ3) is 24.7. The van der Waals surface area contributed by atoms with Gasteiger partial charge < -0.3 is 30.0 Å². The average Bonchev–Trinajstić information content (AvgIpc) is 1.77. The molecule has 0 aromatic rings. The molecule has 0 spiro atoms. The van der Waals surface area contributed by atoms with Gasteiger partial charge in [0.05, 0.1) is 12.0 Å². The Kier molecular flexibility index (Phi) is 7.77. The van der Waals surface area contributed by atoms with Crippen molar-refractivity contribution in [3.8, 4) is 0 Å². The molecule has 0 aromatic carbocycles. The maximum atomic E-state index is 10.0. The zero-order valence-corrected chi connectivity index (χ0v) is 8.96. The van der Waals surface area contributed by atoms with E-state index in [9.17, 15) is 4.79 Å². The van der Waals surface area contributed by atoms with Gasteiger partial charge in [0.15, 0.2) is 0 Å². The maximum absolute atomic E-state index is 10.0. The molecule has 0 radical (unpaired) electrons. The minimum atomic E-state index is -4.64. The number of carboxylic acids is 1. The fourth-order valence-corrected chi connectivity index (χ4v) is 0.655. The summed E-state index contributed by atoms with van der Waals surface area (Å²) in [6.07, 6.45) is -0.229. The van der Waals surface area contributed by atoms with Gasteiger partial charge >= 0.3 is 13.8 Å². The van der Waals surface area contributed by atoms with Crippen LogP contribution in [0.5, 0.6) is 0 Å². The lowest BCUT2D eigenvalue weighted by Gasteiger charge is -2.18. The van der Waals surface area contributed by atoms with E-state index in [-0.39, 0.29) is 19.4 Å². The molecule has 0 heterocycles. The minimum Gasteiger partial charge on any atom is -0.481 e. The van der Waals surface area contributed by atoms with Crippen LogP contribution in [0.4, 0.5) is 0 Å². The summed E-state index contributed by atoms with van der Waals surface area (Å²) in [5.41, 5.74) is -1.28. The van der Waals surface area contributed by atoms with Gasteiger partial charge in [-0.1, -0.05) is 0 Å². The van der Waals surface area contributed by atoms with Crippen LogP contribution in [0.2, 0.25) is 0 Å². The number of hydrogen-bond acceptors (Lipinski definition) is 4. The zero-order valence-electron chi connectivity index (χ0n) is 8.07. The third-order valence-corrected chi connectivity index (χ3v) is 1.18. The summed E-state index contributed by atoms with van der Waals surface area (Å²) in [6.45, 7) is 1.19. The SMILES string of the molecule is C[C@@](O)(CCO)CC(=O)O.O=P(O)(O)O. The molecule has 0 unspecified atom stereocenters. The first-order valence-corrected chi connectivity index (χ1v) is 5.38. The first-order valence-electron chi connectivity index (χ1n) is 3.81. The largest absolute Gasteiger partial charge is 0.481 e. The van der Waals surface area contributed by atoms with Gasteiger partial charge in [0.2, 0.25) is 0 Å². The number of rotatable bonds is 4. The summed E-state index contributed by atoms with van der Waals surface area (Å²) >= 11 is 0. The molecule has 0 aliphatic heterocycles. The molecule has 9 heteroatoms. The van der Waals surface area contributed by atoms with Gasteiger partial charge in [0.25, 0.3) is 0 Å². The van der Waals surface area contributed by atoms with E-state index in [1.807, 2.05) is 0 Å². The molecule has 8 nitrogen and oxygen atoms in total. The fourth-order valence-electron chi connectivity index (χ4n) is 0.655. The minimum absolute atomic E-state index is 0.0965. The summed E-state index contributed by atoms with van der Waals surface area (Å²) < 4.78 is 8.88. The van der Waals surface area contributed by atoms with Crippen molar-refractivity contribution in [1.82, 2.24) is 0 Å². The van der Waals surface area contributed by atoms with E-state index in [1.54, 1.807) is 0 Å². The predicted molar refractivity (Wildman–Crippen MR) is 48.8 cm³/mol. The number of carbonyl (C=O) groups is 1. The zero-order chi connectivity index (χ0) is 12.7. The van der Waals surface area contributed by atoms with Gasteiger partial charge in [-0.05, 0) is 13.3 Å². The molecule has 15 heavy (non-hydrogen) atoms. The Bertz CT molecular complexity index is 223. The van der Waals surface area contributed by atoms with Crippen molar-refractivity contribution in [1.29, 1.82) is 0 Å². The summed E-state index contributed by atoms with van der Waals surface area (Å²) in [6, 6.07) is 0. The first-order chi connectivity index (χ1) is 6.48. The van der Waals surface area contributed by atoms with E-state index >= 15 is 0 Å². The van der Waals surface area contributed by atoms with Crippen LogP contribution in [0.3, 0.4) is 0 Å². The Hall–Kier alpha value is -0.500. The lowest BCUT2D eigenvalue weighted by Crippen LogP contribution is -2.28. The number of carboxylic acid groups (broad SMARTS) is 1. The predicted octanol–water partition coefficient (Wildman–Crippen LogP) is -1.33. The van der Waals surface area contributed by atoms with Crippen molar-refractivity contribution in [2.75, 3.05) is 6.61 Å². The lowest BCUT2D eigenvalue weighted by molar-refractivity contribution is -0.142. The van der Waals surface area contributed by atoms with Crippen LogP contribution < -0.4 is 0 Å². The topological polar surface area (TPSA) is 156 Å². The summed E-state index contributed by atoms with van der Waals surface area (Å²) in [5, 5.41) is 25.7. The second-order valence-electron chi connectivity index (χ2n) is 3.05. The molecule has 92 valence electrons. The van der Waals surface area contributed by atoms with Gasteiger partial charge in [-0.2, -0.15) is 0 Å². The van der Waals surface area contributed by atoms with Gasteiger partial charge in [-0.3, -0.25) is 4.79 Å². The summed E-state index contributed by atoms with van der Waals surface area (Å²) in [7, 11) is -4.64. The van der Waals surface area contributed by atoms with Crippen LogP contribution >= 0.6 is 7.82 Å². The molecule has 0 aliphatic rings. The first kappa shape index (κ1) is 16.9. The Balaban J connectivity index is 0. The molecule has 0 rings (SSSR count). The van der Waals surface area contributed by atoms with Gasteiger partial charge in [-0.15, -0.1) is 0 Å². The quantitative estimate of drug-likeness (QED) is 0.333. The van der Waals surface area contributed by atoms with E-state index in [0.717, 1.165) is 0 Å². The number of hydrogen-bond donors (Lipinski definition) is 6. The van der Waals surface area contributed by atoms with Crippen molar-refractivity contribution >= 4 is 13.8 Å². The van der Waals surface area contributed by atoms with Crippen molar-refractivity contribution in [2.45, 2.75) is 25.4 Å². The normalized spacial score (nSPS) is 14.8. The number of aliphatic carboxylic acids is 1. The molecule has 0 saturated carbocycles. The maximum Gasteiger partial charge on any atom is 0.466 e. The Labute approximate surface area is 86.0 Å². The van der Waals surface area contributed by atoms with Gasteiger partial charge in [0, 0.05) is 6.61 Å². The van der Waals surface area contributed by atoms with Crippen molar-refractivity contribution in [3.63, 3.8) is 0 Å². The van der Waals surface area contributed by atoms with Crippen molar-refractivity contribution in [2.24, 2.45) is 0 Å². The standard InChI is InChI=1S/C6H12O4.H3O4P/c1-6(10,2-3-7)4-5(8)9;1-5(2,3)4/h7,10H,2-4H2,1H3,(H,8,9);(H3,1,2,3,4)/t6-;/m1./s1. The molecule has 0 saturated heterocycles. The number of aliphatic hydroxyl groups is 2. The van der Waals surface area contributed by atoms with Crippen molar-refractivity contribution in [3.05, 3.63) is 0 Å². The Morgan fingerprint density at radius 2 is 1.67 bits per heavy atom. The molecular weight excluding hydrogens is 231 g/mol. The molecule has 0 bridgehead atoms. The number of aliphatic hydroxyl groups excluding tert-OH is 1.